The third-order valence-corrected chi connectivity index (χ3v) is 30.1. The quantitative estimate of drug-likeness (QED) is 0.0177. The number of H-pyrrole nitrogens is 1. The van der Waals surface area contributed by atoms with Crippen molar-refractivity contribution in [1.29, 1.82) is 0 Å². The number of rotatable bonds is 17. The standard InChI is InChI=1S/C17H24ClFN4O8P2.C16H20ClFN4O3.C13H14Cl2FN3O.C7H12BrFO.C6H3Cl2N3.CH2Cl4O2P2/c18-12-5-10(21-9-3-1-2-4-9)14-16(22-12)23(7-20-14)17-13(19)15(24)11(31-17)6-30-33(28,29)8-32(25,26)27;17-11-5-9(20-8-3-1-2-4-8)13-15(21-11)22(7-19-13)16-12(18)14(24)10(6-23)25-16;1-3-8-6(2)10(16)13(20-8)19-5-17-11-7(14)4-9(15)18-12(11)19;1-3-5-4(2)6(9)7(8)10-5;7-3-1-4(8)11-6-5(3)9-2-10-6;2-8(3,6)1-9(4,5)7/h5,7,9,11,13,15,17,24H,1-4,6,8H2,(H,21,22)(H,28,29)(H2,25,26,27);5,7-8,10,12,14,16,23-24H,1-4,6H2,(H,20,21);4-6,8,10,13H,3H2,1-2H3;4-7H,3H2,1-2H3;1-2H,(H,9,10,11);1H2/t11-,13+,15-,17-;10-,12+,14-,16-;6-,8-,10+,13-;4-,5-,6+,7+;;/m1111../s1. The zero-order valence-corrected chi connectivity index (χ0v) is 69.9. The van der Waals surface area contributed by atoms with Crippen LogP contribution in [0.5, 0.6) is 0 Å². The van der Waals surface area contributed by atoms with Gasteiger partial charge < -0.3 is 69.1 Å². The summed E-state index contributed by atoms with van der Waals surface area (Å²) in [4.78, 5) is 63.5. The minimum Gasteiger partial charge on any atom is -0.394 e. The lowest BCUT2D eigenvalue weighted by Crippen LogP contribution is -2.31. The van der Waals surface area contributed by atoms with Crippen molar-refractivity contribution in [2.24, 2.45) is 11.8 Å². The Bertz CT molecular complexity index is 4560. The van der Waals surface area contributed by atoms with E-state index in [1.54, 1.807) is 22.8 Å². The number of aliphatic hydroxyl groups excluding tert-OH is 3. The van der Waals surface area contributed by atoms with Crippen LogP contribution in [-0.4, -0.2) is 192 Å². The lowest BCUT2D eigenvalue weighted by atomic mass is 10.00. The predicted molar refractivity (Wildman–Crippen MR) is 411 cm³/mol. The van der Waals surface area contributed by atoms with Gasteiger partial charge in [0.25, 0.3) is 11.7 Å². The first-order valence-electron chi connectivity index (χ1n) is 33.4. The fraction of sp³-hybridized carbons (Fsp3) is 0.600. The highest BCUT2D eigenvalue weighted by Gasteiger charge is 2.49. The van der Waals surface area contributed by atoms with Gasteiger partial charge in [-0.2, -0.15) is 0 Å². The summed E-state index contributed by atoms with van der Waals surface area (Å²) in [6.45, 7) is 6.51. The molecule has 0 amide bonds. The summed E-state index contributed by atoms with van der Waals surface area (Å²) in [5.41, 5.74) is 5.23. The van der Waals surface area contributed by atoms with E-state index in [-0.39, 0.29) is 56.2 Å². The van der Waals surface area contributed by atoms with Gasteiger partial charge in [0.05, 0.1) is 72.2 Å². The van der Waals surface area contributed by atoms with Gasteiger partial charge in [0.15, 0.2) is 65.7 Å². The number of nitrogens with one attached hydrogen (secondary N) is 3. The molecule has 6 fully saturated rings. The summed E-state index contributed by atoms with van der Waals surface area (Å²) in [7, 11) is -9.52. The Kier molecular flexibility index (Phi) is 32.0. The minimum atomic E-state index is -4.83. The lowest BCUT2D eigenvalue weighted by Gasteiger charge is -2.18. The fourth-order valence-corrected chi connectivity index (χ4v) is 26.3. The lowest BCUT2D eigenvalue weighted by molar-refractivity contribution is -0.0459. The van der Waals surface area contributed by atoms with Gasteiger partial charge in [0.1, 0.15) is 84.2 Å². The highest BCUT2D eigenvalue weighted by Crippen LogP contribution is 2.72. The molecule has 8 aromatic heterocycles. The van der Waals surface area contributed by atoms with Crippen LogP contribution in [0.3, 0.4) is 0 Å². The Morgan fingerprint density at radius 3 is 1.39 bits per heavy atom. The minimum absolute atomic E-state index is 0.0365. The molecule has 600 valence electrons. The van der Waals surface area contributed by atoms with Crippen LogP contribution in [0.4, 0.5) is 28.9 Å². The van der Waals surface area contributed by atoms with Crippen molar-refractivity contribution < 1.29 is 89.3 Å². The largest absolute Gasteiger partial charge is 0.394 e. The maximum atomic E-state index is 14.9. The predicted octanol–water partition coefficient (Wildman–Crippen LogP) is 17.5. The van der Waals surface area contributed by atoms with Crippen molar-refractivity contribution >= 4 is 213 Å². The topological polar surface area (TPSA) is 394 Å². The van der Waals surface area contributed by atoms with Crippen molar-refractivity contribution in [3.63, 3.8) is 0 Å². The number of nitrogens with zero attached hydrogens (tertiary/aromatic N) is 11. The average Bonchev–Trinajstić information content (AvgIpc) is 1.62. The van der Waals surface area contributed by atoms with Crippen LogP contribution >= 0.6 is 157 Å². The number of fused-ring (bicyclic) bond motifs is 4. The van der Waals surface area contributed by atoms with Crippen LogP contribution in [0.15, 0.2) is 49.6 Å². The summed E-state index contributed by atoms with van der Waals surface area (Å²) < 4.78 is 131. The normalized spacial score (nSPS) is 28.0. The van der Waals surface area contributed by atoms with Crippen molar-refractivity contribution in [2.75, 3.05) is 35.7 Å². The second-order valence-corrected chi connectivity index (χ2v) is 44.1. The Labute approximate surface area is 672 Å². The highest BCUT2D eigenvalue weighted by atomic mass is 79.9. The molecule has 29 nitrogen and oxygen atoms in total. The molecule has 1 unspecified atom stereocenters. The van der Waals surface area contributed by atoms with Crippen molar-refractivity contribution in [1.82, 2.24) is 58.6 Å². The van der Waals surface area contributed by atoms with Gasteiger partial charge in [-0.05, 0) is 95.6 Å². The van der Waals surface area contributed by atoms with Crippen molar-refractivity contribution in [3.05, 3.63) is 80.2 Å². The maximum Gasteiger partial charge on any atom is 0.340 e. The van der Waals surface area contributed by atoms with Crippen LogP contribution < -0.4 is 10.6 Å². The molecule has 0 spiro atoms. The number of aromatic amines is 1. The smallest absolute Gasteiger partial charge is 0.340 e. The molecule has 108 heavy (non-hydrogen) atoms. The van der Waals surface area contributed by atoms with E-state index in [2.05, 4.69) is 75.9 Å². The molecule has 0 bridgehead atoms. The van der Waals surface area contributed by atoms with E-state index in [0.29, 0.717) is 60.4 Å². The zero-order valence-electron chi connectivity index (χ0n) is 57.1. The van der Waals surface area contributed by atoms with Gasteiger partial charge in [-0.3, -0.25) is 32.0 Å². The van der Waals surface area contributed by atoms with Crippen LogP contribution in [0.2, 0.25) is 30.7 Å². The maximum absolute atomic E-state index is 14.9. The van der Waals surface area contributed by atoms with Gasteiger partial charge in [0.2, 0.25) is 0 Å². The van der Waals surface area contributed by atoms with E-state index in [0.717, 1.165) is 62.6 Å². The number of halogens is 15. The van der Waals surface area contributed by atoms with Gasteiger partial charge in [0, 0.05) is 36.1 Å². The molecule has 0 radical (unpaired) electrons. The molecule has 12 heterocycles. The number of imidazole rings is 4. The van der Waals surface area contributed by atoms with Crippen LogP contribution in [-0.2, 0) is 41.7 Å². The number of hydrogen-bond acceptors (Lipinski definition) is 22. The Morgan fingerprint density at radius 2 is 0.972 bits per heavy atom. The molecule has 2 saturated carbocycles. The molecule has 2 aliphatic carbocycles. The first kappa shape index (κ1) is 89.6. The van der Waals surface area contributed by atoms with E-state index in [9.17, 15) is 56.0 Å². The molecular formula is C60H75BrCl10F4N14O15P4. The summed E-state index contributed by atoms with van der Waals surface area (Å²) >= 11 is 58.9. The Morgan fingerprint density at radius 1 is 0.565 bits per heavy atom. The summed E-state index contributed by atoms with van der Waals surface area (Å²) in [6.07, 6.45) is 1.85. The number of pyridine rings is 4. The molecule has 17 atom stereocenters. The monoisotopic (exact) mass is 1860 g/mol. The van der Waals surface area contributed by atoms with Gasteiger partial charge in [-0.15, -0.1) is 0 Å². The number of anilines is 2. The highest BCUT2D eigenvalue weighted by molar-refractivity contribution is 9.09. The molecule has 4 saturated heterocycles. The zero-order chi connectivity index (χ0) is 79.2. The second kappa shape index (κ2) is 38.6. The third kappa shape index (κ3) is 23.3. The Balaban J connectivity index is 0.000000159. The third-order valence-electron chi connectivity index (χ3n) is 18.0. The first-order valence-corrected chi connectivity index (χ1v) is 47.5. The van der Waals surface area contributed by atoms with Crippen LogP contribution in [0.25, 0.3) is 44.7 Å². The van der Waals surface area contributed by atoms with Gasteiger partial charge in [-0.1, -0.05) is 139 Å². The van der Waals surface area contributed by atoms with Crippen molar-refractivity contribution in [2.45, 2.75) is 189 Å². The van der Waals surface area contributed by atoms with E-state index in [1.807, 2.05) is 27.7 Å². The van der Waals surface area contributed by atoms with E-state index >= 15 is 0 Å². The number of ether oxygens (including phenoxy) is 4. The molecular weight excluding hydrogens is 1790 g/mol. The summed E-state index contributed by atoms with van der Waals surface area (Å²) in [6, 6.07) is 7.07. The summed E-state index contributed by atoms with van der Waals surface area (Å²) in [5, 5.41) is 37.7. The molecule has 9 N–H and O–H groups in total. The number of aromatic nitrogens is 12. The van der Waals surface area contributed by atoms with Gasteiger partial charge in [-0.25, -0.2) is 57.4 Å². The molecule has 48 heteroatoms. The van der Waals surface area contributed by atoms with Crippen LogP contribution in [0.1, 0.15) is 111 Å². The molecule has 6 aliphatic rings. The molecule has 4 aliphatic heterocycles. The van der Waals surface area contributed by atoms with E-state index < -0.39 is 120 Å². The first-order chi connectivity index (χ1) is 50.7. The fourth-order valence-electron chi connectivity index (χ4n) is 12.7. The SMILES string of the molecule is CC[C@H]1O[C@@H](n2cnc3c(Cl)cc(Cl)nc32)[C@@H](F)[C@@H]1C.CC[C@H]1O[C@H](Br)[C@@H](F)[C@@H]1C.Clc1cc(Cl)c2[nH]cnc2n1.O=P(Cl)(Cl)CP(=O)(Cl)Cl.O=P(O)(O)CP(=O)(O)OC[C@H]1O[C@@H](n2cnc3c(NC4CCCC4)cc(Cl)nc32)[C@@H](F)[C@@H]1O.OC[C@H]1O[C@@H](n2cnc3c(NC4CCCC4)cc(Cl)nc32)[C@@H](F)[C@@H]1O. The van der Waals surface area contributed by atoms with E-state index in [4.69, 9.17) is 143 Å². The van der Waals surface area contributed by atoms with Crippen molar-refractivity contribution in [3.8, 4) is 0 Å². The molecule has 8 aromatic rings. The number of aliphatic hydroxyl groups is 3. The second-order valence-electron chi connectivity index (χ2n) is 25.9. The Hall–Kier alpha value is -2.34. The summed E-state index contributed by atoms with van der Waals surface area (Å²) in [5.74, 6) is -8.81. The van der Waals surface area contributed by atoms with Crippen LogP contribution in [0, 0.1) is 11.8 Å². The number of hydrogen-bond donors (Lipinski definition) is 9. The number of alkyl halides is 5. The van der Waals surface area contributed by atoms with Gasteiger partial charge >= 0.3 is 15.2 Å². The average molecular weight is 1870 g/mol. The van der Waals surface area contributed by atoms with E-state index in [1.165, 1.54) is 53.4 Å². The molecule has 0 aromatic carbocycles. The molecule has 14 rings (SSSR count).